The summed E-state index contributed by atoms with van der Waals surface area (Å²) >= 11 is 0. The number of carbonyl (C=O) groups excluding carboxylic acids is 4. The predicted octanol–water partition coefficient (Wildman–Crippen LogP) is 2.74. The van der Waals surface area contributed by atoms with Crippen LogP contribution in [0, 0.1) is 0 Å². The van der Waals surface area contributed by atoms with Crippen LogP contribution in [0.3, 0.4) is 0 Å². The summed E-state index contributed by atoms with van der Waals surface area (Å²) in [4.78, 5) is 71.6. The zero-order chi connectivity index (χ0) is 33.6. The minimum absolute atomic E-state index is 0.197. The Morgan fingerprint density at radius 2 is 0.848 bits per heavy atom. The second-order valence-electron chi connectivity index (χ2n) is 11.1. The van der Waals surface area contributed by atoms with Crippen molar-refractivity contribution in [2.75, 3.05) is 13.1 Å². The Morgan fingerprint density at radius 1 is 0.500 bits per heavy atom. The molecule has 0 heterocycles. The van der Waals surface area contributed by atoms with Crippen molar-refractivity contribution in [3.63, 3.8) is 0 Å². The van der Waals surface area contributed by atoms with Gasteiger partial charge in [-0.05, 0) is 24.0 Å². The molecule has 6 N–H and O–H groups in total. The van der Waals surface area contributed by atoms with Crippen molar-refractivity contribution in [1.82, 2.24) is 21.3 Å². The molecule has 0 fully saturated rings. The Hall–Kier alpha value is -4.74. The fraction of sp³-hybridized carbons (Fsp3) is 0.471. The van der Waals surface area contributed by atoms with Crippen molar-refractivity contribution < 1.29 is 39.0 Å². The normalized spacial score (nSPS) is 11.9. The van der Waals surface area contributed by atoms with E-state index < -0.39 is 35.8 Å². The minimum Gasteiger partial charge on any atom is -0.481 e. The van der Waals surface area contributed by atoms with Crippen LogP contribution >= 0.6 is 0 Å². The lowest BCUT2D eigenvalue weighted by Crippen LogP contribution is -2.48. The molecule has 0 unspecified atom stereocenters. The van der Waals surface area contributed by atoms with Crippen LogP contribution in [0.4, 0.5) is 0 Å². The van der Waals surface area contributed by atoms with Gasteiger partial charge in [0.15, 0.2) is 0 Å². The van der Waals surface area contributed by atoms with Crippen LogP contribution in [-0.2, 0) is 41.6 Å². The molecule has 2 aromatic rings. The van der Waals surface area contributed by atoms with Gasteiger partial charge in [-0.3, -0.25) is 28.8 Å². The summed E-state index contributed by atoms with van der Waals surface area (Å²) in [5.74, 6) is -3.75. The van der Waals surface area contributed by atoms with Gasteiger partial charge in [0.25, 0.3) is 0 Å². The highest BCUT2D eigenvalue weighted by atomic mass is 16.4. The van der Waals surface area contributed by atoms with E-state index in [-0.39, 0.29) is 37.5 Å². The highest BCUT2D eigenvalue weighted by Crippen LogP contribution is 2.08. The first-order chi connectivity index (χ1) is 22.1. The van der Waals surface area contributed by atoms with Crippen LogP contribution in [0.1, 0.15) is 75.3 Å². The highest BCUT2D eigenvalue weighted by Gasteiger charge is 2.22. The number of hydrogen-bond donors (Lipinski definition) is 6. The molecule has 0 radical (unpaired) electrons. The van der Waals surface area contributed by atoms with E-state index in [2.05, 4.69) is 21.3 Å². The van der Waals surface area contributed by atoms with E-state index in [1.165, 1.54) is 0 Å². The Labute approximate surface area is 269 Å². The van der Waals surface area contributed by atoms with Crippen molar-refractivity contribution in [2.24, 2.45) is 0 Å². The molecular weight excluding hydrogens is 592 g/mol. The lowest BCUT2D eigenvalue weighted by Gasteiger charge is -2.19. The molecule has 0 aliphatic rings. The summed E-state index contributed by atoms with van der Waals surface area (Å²) < 4.78 is 0. The number of unbranched alkanes of at least 4 members (excludes halogenated alkanes) is 5. The average Bonchev–Trinajstić information content (AvgIpc) is 3.03. The maximum absolute atomic E-state index is 12.8. The van der Waals surface area contributed by atoms with E-state index in [4.69, 9.17) is 10.2 Å². The minimum atomic E-state index is -1.08. The van der Waals surface area contributed by atoms with Gasteiger partial charge in [-0.25, -0.2) is 0 Å². The maximum atomic E-state index is 12.8. The van der Waals surface area contributed by atoms with Gasteiger partial charge in [-0.15, -0.1) is 0 Å². The summed E-state index contributed by atoms with van der Waals surface area (Å²) in [6.07, 6.45) is 4.78. The first-order valence-electron chi connectivity index (χ1n) is 15.8. The van der Waals surface area contributed by atoms with Crippen molar-refractivity contribution in [3.8, 4) is 0 Å². The van der Waals surface area contributed by atoms with Gasteiger partial charge >= 0.3 is 11.9 Å². The fourth-order valence-corrected chi connectivity index (χ4v) is 4.72. The quantitative estimate of drug-likeness (QED) is 0.100. The molecule has 250 valence electrons. The molecule has 0 spiro atoms. The number of nitrogens with one attached hydrogen (secondary N) is 4. The third kappa shape index (κ3) is 16.9. The zero-order valence-corrected chi connectivity index (χ0v) is 26.2. The van der Waals surface area contributed by atoms with Crippen LogP contribution in [0.2, 0.25) is 0 Å². The number of carbonyl (C=O) groups is 6. The van der Waals surface area contributed by atoms with E-state index in [0.29, 0.717) is 25.9 Å². The molecular formula is C34H46N4O8. The molecule has 46 heavy (non-hydrogen) atoms. The lowest BCUT2D eigenvalue weighted by molar-refractivity contribution is -0.139. The molecule has 0 aliphatic carbocycles. The van der Waals surface area contributed by atoms with Crippen LogP contribution in [0.5, 0.6) is 0 Å². The van der Waals surface area contributed by atoms with E-state index in [1.807, 2.05) is 60.7 Å². The van der Waals surface area contributed by atoms with Crippen molar-refractivity contribution in [3.05, 3.63) is 71.8 Å². The molecule has 0 saturated heterocycles. The maximum Gasteiger partial charge on any atom is 0.303 e. The fourth-order valence-electron chi connectivity index (χ4n) is 4.72. The first-order valence-corrected chi connectivity index (χ1v) is 15.8. The van der Waals surface area contributed by atoms with E-state index >= 15 is 0 Å². The number of hydrogen-bond acceptors (Lipinski definition) is 6. The summed E-state index contributed by atoms with van der Waals surface area (Å²) in [5.41, 5.74) is 1.76. The average molecular weight is 639 g/mol. The Bertz CT molecular complexity index is 1160. The molecule has 0 aliphatic heterocycles. The van der Waals surface area contributed by atoms with Gasteiger partial charge in [0, 0.05) is 38.8 Å². The molecule has 0 aromatic heterocycles. The summed E-state index contributed by atoms with van der Waals surface area (Å²) in [6.45, 7) is 0.901. The van der Waals surface area contributed by atoms with Crippen LogP contribution in [0.15, 0.2) is 60.7 Å². The first kappa shape index (κ1) is 37.4. The van der Waals surface area contributed by atoms with E-state index in [1.54, 1.807) is 0 Å². The van der Waals surface area contributed by atoms with Gasteiger partial charge in [-0.1, -0.05) is 86.3 Å². The number of amides is 4. The third-order valence-electron chi connectivity index (χ3n) is 7.20. The number of carboxylic acids is 2. The molecule has 12 heteroatoms. The van der Waals surface area contributed by atoms with Crippen molar-refractivity contribution in [1.29, 1.82) is 0 Å². The van der Waals surface area contributed by atoms with Gasteiger partial charge in [0.1, 0.15) is 12.1 Å². The van der Waals surface area contributed by atoms with Gasteiger partial charge in [0.2, 0.25) is 23.6 Å². The Balaban J connectivity index is 1.66. The zero-order valence-electron chi connectivity index (χ0n) is 26.2. The number of rotatable bonds is 23. The number of benzene rings is 2. The Kier molecular flexibility index (Phi) is 17.8. The summed E-state index contributed by atoms with van der Waals surface area (Å²) in [7, 11) is 0. The van der Waals surface area contributed by atoms with Gasteiger partial charge in [0.05, 0.1) is 12.8 Å². The largest absolute Gasteiger partial charge is 0.481 e. The molecule has 2 rings (SSSR count). The molecule has 0 bridgehead atoms. The molecule has 2 atom stereocenters. The smallest absolute Gasteiger partial charge is 0.303 e. The van der Waals surface area contributed by atoms with Crippen molar-refractivity contribution >= 4 is 35.6 Å². The second-order valence-corrected chi connectivity index (χ2v) is 11.1. The van der Waals surface area contributed by atoms with Crippen LogP contribution in [-0.4, -0.2) is 71.0 Å². The van der Waals surface area contributed by atoms with Crippen LogP contribution in [0.25, 0.3) is 0 Å². The molecule has 2 aromatic carbocycles. The van der Waals surface area contributed by atoms with E-state index in [9.17, 15) is 28.8 Å². The van der Waals surface area contributed by atoms with Crippen molar-refractivity contribution in [2.45, 2.75) is 89.1 Å². The molecule has 0 saturated carbocycles. The summed E-state index contributed by atoms with van der Waals surface area (Å²) in [6, 6.07) is 17.0. The van der Waals surface area contributed by atoms with Crippen LogP contribution < -0.4 is 21.3 Å². The second kappa shape index (κ2) is 21.9. The highest BCUT2D eigenvalue weighted by molar-refractivity contribution is 5.89. The van der Waals surface area contributed by atoms with E-state index in [0.717, 1.165) is 49.7 Å². The Morgan fingerprint density at radius 3 is 1.20 bits per heavy atom. The molecule has 4 amide bonds. The standard InChI is InChI=1S/C34H46N4O8/c39-29(17-19-31(41)42)37-27(23-25-13-7-5-8-14-25)33(45)35-21-11-3-1-2-4-12-22-36-34(46)28(24-26-15-9-6-10-16-26)38-30(40)18-20-32(43)44/h5-10,13-16,27-28H,1-4,11-12,17-24H2,(H,35,45)(H,36,46)(H,37,39)(H,38,40)(H,41,42)(H,43,44)/t27-,28-/m0/s1. The SMILES string of the molecule is O=C(O)CCC(=O)N[C@@H](Cc1ccccc1)C(=O)NCCCCCCCCNC(=O)[C@H](Cc1ccccc1)NC(=O)CCC(=O)O. The third-order valence-corrected chi connectivity index (χ3v) is 7.20. The number of carboxylic acid groups (broad SMARTS) is 2. The monoisotopic (exact) mass is 638 g/mol. The summed E-state index contributed by atoms with van der Waals surface area (Å²) in [5, 5.41) is 28.7. The van der Waals surface area contributed by atoms with Gasteiger partial charge in [-0.2, -0.15) is 0 Å². The predicted molar refractivity (Wildman–Crippen MR) is 172 cm³/mol. The van der Waals surface area contributed by atoms with Gasteiger partial charge < -0.3 is 31.5 Å². The molecule has 12 nitrogen and oxygen atoms in total. The number of aliphatic carboxylic acids is 2. The topological polar surface area (TPSA) is 191 Å². The lowest BCUT2D eigenvalue weighted by atomic mass is 10.0.